The highest BCUT2D eigenvalue weighted by atomic mass is 19.1. The van der Waals surface area contributed by atoms with Crippen molar-refractivity contribution in [1.29, 1.82) is 0 Å². The van der Waals surface area contributed by atoms with Crippen LogP contribution >= 0.6 is 0 Å². The molecule has 0 saturated heterocycles. The number of aliphatic hydroxyl groups is 2. The van der Waals surface area contributed by atoms with E-state index in [1.165, 1.54) is 24.3 Å². The fourth-order valence-electron chi connectivity index (χ4n) is 9.19. The van der Waals surface area contributed by atoms with E-state index < -0.39 is 34.6 Å². The van der Waals surface area contributed by atoms with Crippen molar-refractivity contribution in [2.75, 3.05) is 33.0 Å². The molecule has 0 spiro atoms. The maximum Gasteiger partial charge on any atom is 0.410 e. The zero-order chi connectivity index (χ0) is 44.8. The standard InChI is InChI=1S/C49H58FN3O10/c1-4-7-28-60-48(56)52(32-34-14-18-37(50)19-15-34)45-31-43(51-62-33-35-16-20-38(21-17-35)53(57)58)41-29-36(12-8-10-24-54)40(13-9-11-25-55)46-42-30-39(59-26-5-2)22-23-44(42)63-49(45,47(41)46)61-27-6-3/h4-6,14-23,29-30,36,40,45-47,54-55H,1-3,7-13,24-28,31-33H2. The summed E-state index contributed by atoms with van der Waals surface area (Å²) in [6.45, 7) is 12.1. The van der Waals surface area contributed by atoms with E-state index in [1.807, 2.05) is 18.2 Å². The molecule has 63 heavy (non-hydrogen) atoms. The minimum Gasteiger partial charge on any atom is -0.490 e. The molecule has 336 valence electrons. The molecule has 6 unspecified atom stereocenters. The van der Waals surface area contributed by atoms with E-state index in [0.717, 1.165) is 36.8 Å². The van der Waals surface area contributed by atoms with Gasteiger partial charge in [0.2, 0.25) is 5.79 Å². The molecule has 0 aromatic heterocycles. The molecule has 1 amide bonds. The van der Waals surface area contributed by atoms with Crippen LogP contribution in [-0.4, -0.2) is 76.7 Å². The number of amides is 1. The first-order valence-corrected chi connectivity index (χ1v) is 21.6. The molecule has 1 fully saturated rings. The van der Waals surface area contributed by atoms with E-state index in [9.17, 15) is 29.5 Å². The number of nitro benzene ring substituents is 1. The number of nitro groups is 1. The van der Waals surface area contributed by atoms with Crippen LogP contribution in [0.2, 0.25) is 0 Å². The van der Waals surface area contributed by atoms with Crippen molar-refractivity contribution in [1.82, 2.24) is 4.90 Å². The molecule has 6 rings (SSSR count). The Kier molecular flexibility index (Phi) is 16.7. The van der Waals surface area contributed by atoms with Gasteiger partial charge in [-0.15, -0.1) is 13.2 Å². The predicted octanol–water partition coefficient (Wildman–Crippen LogP) is 9.35. The molecule has 0 radical (unpaired) electrons. The number of nitrogens with zero attached hydrogens (tertiary/aromatic N) is 3. The number of non-ortho nitro benzene ring substituents is 1. The third-order valence-corrected chi connectivity index (χ3v) is 12.0. The maximum atomic E-state index is 14.6. The van der Waals surface area contributed by atoms with Gasteiger partial charge in [-0.05, 0) is 103 Å². The van der Waals surface area contributed by atoms with Gasteiger partial charge in [0.05, 0.1) is 29.8 Å². The fraction of sp³-hybridized carbons (Fsp3) is 0.429. The first-order valence-electron chi connectivity index (χ1n) is 21.6. The summed E-state index contributed by atoms with van der Waals surface area (Å²) in [5, 5.41) is 36.0. The second-order valence-electron chi connectivity index (χ2n) is 16.0. The van der Waals surface area contributed by atoms with Crippen LogP contribution in [-0.2, 0) is 27.5 Å². The number of ether oxygens (including phenoxy) is 4. The maximum absolute atomic E-state index is 14.6. The second-order valence-corrected chi connectivity index (χ2v) is 16.0. The fourth-order valence-corrected chi connectivity index (χ4v) is 9.19. The van der Waals surface area contributed by atoms with Crippen LogP contribution in [0.4, 0.5) is 14.9 Å². The molecular formula is C49H58FN3O10. The van der Waals surface area contributed by atoms with Crippen molar-refractivity contribution in [2.24, 2.45) is 22.9 Å². The summed E-state index contributed by atoms with van der Waals surface area (Å²) in [7, 11) is 0. The number of rotatable bonds is 24. The Balaban J connectivity index is 1.59. The van der Waals surface area contributed by atoms with E-state index >= 15 is 0 Å². The average Bonchev–Trinajstić information content (AvgIpc) is 3.29. The van der Waals surface area contributed by atoms with E-state index in [-0.39, 0.29) is 76.0 Å². The van der Waals surface area contributed by atoms with Gasteiger partial charge in [0, 0.05) is 49.8 Å². The Morgan fingerprint density at radius 3 is 2.35 bits per heavy atom. The van der Waals surface area contributed by atoms with Gasteiger partial charge >= 0.3 is 6.09 Å². The third kappa shape index (κ3) is 11.0. The number of benzene rings is 3. The summed E-state index contributed by atoms with van der Waals surface area (Å²) in [6, 6.07) is 16.7. The molecular weight excluding hydrogens is 810 g/mol. The molecule has 1 aliphatic heterocycles. The van der Waals surface area contributed by atoms with Gasteiger partial charge < -0.3 is 34.0 Å². The number of aliphatic hydroxyl groups excluding tert-OH is 2. The van der Waals surface area contributed by atoms with Crippen molar-refractivity contribution in [3.05, 3.63) is 149 Å². The van der Waals surface area contributed by atoms with Crippen molar-refractivity contribution in [3.8, 4) is 11.5 Å². The molecule has 3 aromatic carbocycles. The molecule has 1 heterocycles. The van der Waals surface area contributed by atoms with Crippen LogP contribution in [0.3, 0.4) is 0 Å². The number of hydrogen-bond acceptors (Lipinski definition) is 11. The summed E-state index contributed by atoms with van der Waals surface area (Å²) < 4.78 is 40.6. The lowest BCUT2D eigenvalue weighted by atomic mass is 9.55. The van der Waals surface area contributed by atoms with Crippen LogP contribution in [0.5, 0.6) is 11.5 Å². The third-order valence-electron chi connectivity index (χ3n) is 12.0. The zero-order valence-electron chi connectivity index (χ0n) is 35.7. The Morgan fingerprint density at radius 2 is 1.67 bits per heavy atom. The highest BCUT2D eigenvalue weighted by Gasteiger charge is 2.65. The van der Waals surface area contributed by atoms with E-state index in [4.69, 9.17) is 28.9 Å². The van der Waals surface area contributed by atoms with E-state index in [2.05, 4.69) is 25.8 Å². The summed E-state index contributed by atoms with van der Waals surface area (Å²) >= 11 is 0. The first kappa shape index (κ1) is 46.7. The van der Waals surface area contributed by atoms with Gasteiger partial charge in [-0.3, -0.25) is 15.0 Å². The molecule has 14 heteroatoms. The second kappa shape index (κ2) is 22.5. The number of allylic oxidation sites excluding steroid dienone is 1. The molecule has 2 aliphatic carbocycles. The SMILES string of the molecule is C=CCCOC(=O)N(Cc1ccc(F)cc1)C1CC(=NOCc2ccc([N+](=O)[O-])cc2)C2=CC(CCCCO)C(CCCCO)C3c4cc(OCC=C)ccc4OC1(OCC=C)C23. The normalized spacial score (nSPS) is 22.7. The number of oxime groups is 1. The minimum atomic E-state index is -1.57. The van der Waals surface area contributed by atoms with Gasteiger partial charge in [-0.1, -0.05) is 61.0 Å². The largest absolute Gasteiger partial charge is 0.490 e. The molecule has 6 atom stereocenters. The van der Waals surface area contributed by atoms with E-state index in [0.29, 0.717) is 47.6 Å². The average molecular weight is 868 g/mol. The molecule has 0 bridgehead atoms. The van der Waals surface area contributed by atoms with Crippen LogP contribution in [0.15, 0.2) is 121 Å². The number of carbonyl (C=O) groups is 1. The molecule has 2 N–H and O–H groups in total. The Bertz CT molecular complexity index is 2110. The van der Waals surface area contributed by atoms with Crippen LogP contribution in [0.25, 0.3) is 0 Å². The summed E-state index contributed by atoms with van der Waals surface area (Å²) in [5.74, 6) is -1.78. The summed E-state index contributed by atoms with van der Waals surface area (Å²) in [4.78, 5) is 33.2. The number of unbranched alkanes of at least 4 members (excludes halogenated alkanes) is 2. The van der Waals surface area contributed by atoms with Crippen LogP contribution < -0.4 is 9.47 Å². The molecule has 1 saturated carbocycles. The predicted molar refractivity (Wildman–Crippen MR) is 237 cm³/mol. The number of carbonyl (C=O) groups excluding carboxylic acids is 1. The zero-order valence-corrected chi connectivity index (χ0v) is 35.7. The van der Waals surface area contributed by atoms with E-state index in [1.54, 1.807) is 47.4 Å². The van der Waals surface area contributed by atoms with Gasteiger partial charge in [-0.25, -0.2) is 9.18 Å². The lowest BCUT2D eigenvalue weighted by Crippen LogP contribution is -2.70. The highest BCUT2D eigenvalue weighted by Crippen LogP contribution is 2.62. The highest BCUT2D eigenvalue weighted by molar-refractivity contribution is 6.03. The summed E-state index contributed by atoms with van der Waals surface area (Å²) in [5.41, 5.74) is 3.50. The lowest BCUT2D eigenvalue weighted by Gasteiger charge is -2.59. The molecule has 13 nitrogen and oxygen atoms in total. The topological polar surface area (TPSA) is 162 Å². The Morgan fingerprint density at radius 1 is 0.952 bits per heavy atom. The monoisotopic (exact) mass is 867 g/mol. The van der Waals surface area contributed by atoms with Crippen molar-refractivity contribution in [3.63, 3.8) is 0 Å². The van der Waals surface area contributed by atoms with Gasteiger partial charge in [-0.2, -0.15) is 0 Å². The minimum absolute atomic E-state index is 0.00129. The van der Waals surface area contributed by atoms with Crippen molar-refractivity contribution < 1.29 is 48.1 Å². The number of hydrogen-bond donors (Lipinski definition) is 2. The molecule has 3 aliphatic rings. The van der Waals surface area contributed by atoms with Crippen LogP contribution in [0.1, 0.15) is 74.0 Å². The van der Waals surface area contributed by atoms with Crippen molar-refractivity contribution >= 4 is 17.5 Å². The first-order chi connectivity index (χ1) is 30.7. The quantitative estimate of drug-likeness (QED) is 0.0384. The molecule has 3 aromatic rings. The van der Waals surface area contributed by atoms with Gasteiger partial charge in [0.1, 0.15) is 36.6 Å². The van der Waals surface area contributed by atoms with Gasteiger partial charge in [0.25, 0.3) is 5.69 Å². The Labute approximate surface area is 368 Å². The smallest absolute Gasteiger partial charge is 0.410 e. The Hall–Kier alpha value is -5.83. The number of fused-ring (bicyclic) bond motifs is 2. The van der Waals surface area contributed by atoms with Crippen LogP contribution in [0, 0.1) is 33.7 Å². The van der Waals surface area contributed by atoms with Gasteiger partial charge in [0.15, 0.2) is 0 Å². The van der Waals surface area contributed by atoms with Crippen molar-refractivity contribution in [2.45, 2.75) is 82.3 Å². The summed E-state index contributed by atoms with van der Waals surface area (Å²) in [6.07, 6.45) is 11.3. The lowest BCUT2D eigenvalue weighted by molar-refractivity contribution is -0.384. The number of halogens is 1.